The minimum atomic E-state index is -0.391. The molecule has 134 valence electrons. The third kappa shape index (κ3) is 3.53. The molecule has 0 radical (unpaired) electrons. The van der Waals surface area contributed by atoms with Crippen LogP contribution in [-0.4, -0.2) is 18.7 Å². The number of benzene rings is 3. The summed E-state index contributed by atoms with van der Waals surface area (Å²) in [5.74, 6) is 0.635. The van der Waals surface area contributed by atoms with Gasteiger partial charge in [0.15, 0.2) is 5.76 Å². The largest absolute Gasteiger partial charge is 0.494 e. The molecule has 0 aliphatic heterocycles. The molecule has 1 heterocycles. The van der Waals surface area contributed by atoms with Gasteiger partial charge in [0.25, 0.3) is 0 Å². The maximum absolute atomic E-state index is 12.3. The van der Waals surface area contributed by atoms with Gasteiger partial charge < -0.3 is 9.15 Å². The normalized spacial score (nSPS) is 11.3. The second-order valence-corrected chi connectivity index (χ2v) is 6.01. The van der Waals surface area contributed by atoms with Gasteiger partial charge in [-0.15, -0.1) is 0 Å². The number of furan rings is 1. The van der Waals surface area contributed by atoms with Crippen LogP contribution in [0.4, 0.5) is 0 Å². The van der Waals surface area contributed by atoms with E-state index >= 15 is 0 Å². The summed E-state index contributed by atoms with van der Waals surface area (Å²) in [5.41, 5.74) is 4.03. The van der Waals surface area contributed by atoms with Crippen molar-refractivity contribution >= 4 is 33.9 Å². The predicted octanol–water partition coefficient (Wildman–Crippen LogP) is 4.75. The van der Waals surface area contributed by atoms with Gasteiger partial charge in [-0.2, -0.15) is 5.10 Å². The van der Waals surface area contributed by atoms with Gasteiger partial charge in [0, 0.05) is 5.39 Å². The van der Waals surface area contributed by atoms with Gasteiger partial charge in [0.1, 0.15) is 11.3 Å². The van der Waals surface area contributed by atoms with E-state index in [1.165, 1.54) is 0 Å². The third-order valence-corrected chi connectivity index (χ3v) is 4.22. The monoisotopic (exact) mass is 358 g/mol. The molecule has 4 aromatic rings. The topological polar surface area (TPSA) is 63.8 Å². The Balaban J connectivity index is 1.50. The van der Waals surface area contributed by atoms with Crippen LogP contribution in [0.15, 0.2) is 76.2 Å². The Morgan fingerprint density at radius 2 is 1.89 bits per heavy atom. The fourth-order valence-corrected chi connectivity index (χ4v) is 2.94. The number of rotatable bonds is 5. The zero-order valence-corrected chi connectivity index (χ0v) is 14.8. The van der Waals surface area contributed by atoms with Crippen molar-refractivity contribution in [1.82, 2.24) is 5.43 Å². The molecule has 0 unspecified atom stereocenters. The Morgan fingerprint density at radius 3 is 2.70 bits per heavy atom. The molecule has 0 spiro atoms. The van der Waals surface area contributed by atoms with Crippen LogP contribution in [-0.2, 0) is 0 Å². The van der Waals surface area contributed by atoms with Crippen molar-refractivity contribution in [3.8, 4) is 5.75 Å². The van der Waals surface area contributed by atoms with Crippen LogP contribution in [0.2, 0.25) is 0 Å². The third-order valence-electron chi connectivity index (χ3n) is 4.22. The molecule has 0 bridgehead atoms. The van der Waals surface area contributed by atoms with Crippen LogP contribution in [0.25, 0.3) is 21.7 Å². The average Bonchev–Trinajstić information content (AvgIpc) is 3.14. The highest BCUT2D eigenvalue weighted by molar-refractivity contribution is 6.08. The highest BCUT2D eigenvalue weighted by Crippen LogP contribution is 2.28. The van der Waals surface area contributed by atoms with E-state index in [2.05, 4.69) is 10.5 Å². The van der Waals surface area contributed by atoms with Crippen LogP contribution >= 0.6 is 0 Å². The molecule has 0 saturated carbocycles. The second kappa shape index (κ2) is 7.33. The van der Waals surface area contributed by atoms with E-state index in [-0.39, 0.29) is 5.76 Å². The van der Waals surface area contributed by atoms with Gasteiger partial charge >= 0.3 is 5.91 Å². The fourth-order valence-electron chi connectivity index (χ4n) is 2.94. The average molecular weight is 358 g/mol. The standard InChI is InChI=1S/C22H18N2O3/c1-2-26-17-10-7-15(8-11-17)14-23-24-22(25)21-13-19-18-6-4-3-5-16(18)9-12-20(19)27-21/h3-14H,2H2,1H3,(H,24,25). The molecule has 0 fully saturated rings. The Morgan fingerprint density at radius 1 is 1.07 bits per heavy atom. The Kier molecular flexibility index (Phi) is 4.58. The molecule has 5 heteroatoms. The summed E-state index contributed by atoms with van der Waals surface area (Å²) >= 11 is 0. The molecule has 3 aromatic carbocycles. The van der Waals surface area contributed by atoms with E-state index < -0.39 is 5.91 Å². The number of hydrogen-bond acceptors (Lipinski definition) is 4. The molecule has 0 saturated heterocycles. The summed E-state index contributed by atoms with van der Waals surface area (Å²) in [6, 6.07) is 21.1. The first-order valence-electron chi connectivity index (χ1n) is 8.72. The quantitative estimate of drug-likeness (QED) is 0.414. The van der Waals surface area contributed by atoms with E-state index in [4.69, 9.17) is 9.15 Å². The zero-order valence-electron chi connectivity index (χ0n) is 14.8. The maximum Gasteiger partial charge on any atom is 0.307 e. The van der Waals surface area contributed by atoms with Gasteiger partial charge in [-0.3, -0.25) is 4.79 Å². The summed E-state index contributed by atoms with van der Waals surface area (Å²) in [6.07, 6.45) is 1.58. The Hall–Kier alpha value is -3.60. The first-order valence-corrected chi connectivity index (χ1v) is 8.72. The number of hydrogen-bond donors (Lipinski definition) is 1. The van der Waals surface area contributed by atoms with Crippen LogP contribution in [0.1, 0.15) is 23.0 Å². The van der Waals surface area contributed by atoms with Crippen LogP contribution in [0.3, 0.4) is 0 Å². The molecular formula is C22H18N2O3. The number of nitrogens with one attached hydrogen (secondary N) is 1. The number of amides is 1. The number of ether oxygens (including phenoxy) is 1. The van der Waals surface area contributed by atoms with E-state index in [0.29, 0.717) is 12.2 Å². The van der Waals surface area contributed by atoms with Crippen LogP contribution in [0, 0.1) is 0 Å². The SMILES string of the molecule is CCOc1ccc(C=NNC(=O)c2cc3c(ccc4ccccc43)o2)cc1. The molecule has 1 aromatic heterocycles. The van der Waals surface area contributed by atoms with Gasteiger partial charge in [-0.25, -0.2) is 5.43 Å². The molecule has 27 heavy (non-hydrogen) atoms. The van der Waals surface area contributed by atoms with Crippen molar-refractivity contribution in [3.05, 3.63) is 78.1 Å². The smallest absolute Gasteiger partial charge is 0.307 e. The van der Waals surface area contributed by atoms with Crippen molar-refractivity contribution in [2.24, 2.45) is 5.10 Å². The Labute approximate surface area is 156 Å². The highest BCUT2D eigenvalue weighted by Gasteiger charge is 2.13. The number of carbonyl (C=O) groups excluding carboxylic acids is 1. The molecule has 4 rings (SSSR count). The molecule has 1 amide bonds. The summed E-state index contributed by atoms with van der Waals surface area (Å²) in [7, 11) is 0. The van der Waals surface area contributed by atoms with E-state index in [0.717, 1.165) is 27.5 Å². The van der Waals surface area contributed by atoms with E-state index in [1.807, 2.05) is 67.6 Å². The van der Waals surface area contributed by atoms with E-state index in [9.17, 15) is 4.79 Å². The van der Waals surface area contributed by atoms with Crippen LogP contribution < -0.4 is 10.2 Å². The van der Waals surface area contributed by atoms with Gasteiger partial charge in [-0.05, 0) is 59.7 Å². The first kappa shape index (κ1) is 16.8. The first-order chi connectivity index (χ1) is 13.2. The van der Waals surface area contributed by atoms with Crippen molar-refractivity contribution in [2.45, 2.75) is 6.92 Å². The molecule has 1 N–H and O–H groups in total. The van der Waals surface area contributed by atoms with Crippen LogP contribution in [0.5, 0.6) is 5.75 Å². The lowest BCUT2D eigenvalue weighted by Crippen LogP contribution is -2.16. The van der Waals surface area contributed by atoms with Crippen molar-refractivity contribution in [3.63, 3.8) is 0 Å². The lowest BCUT2D eigenvalue weighted by molar-refractivity contribution is 0.0929. The second-order valence-electron chi connectivity index (χ2n) is 6.01. The number of nitrogens with zero attached hydrogens (tertiary/aromatic N) is 1. The maximum atomic E-state index is 12.3. The molecule has 5 nitrogen and oxygen atoms in total. The number of carbonyl (C=O) groups is 1. The number of hydrazone groups is 1. The lowest BCUT2D eigenvalue weighted by Gasteiger charge is -2.02. The van der Waals surface area contributed by atoms with Gasteiger partial charge in [0.2, 0.25) is 0 Å². The number of fused-ring (bicyclic) bond motifs is 3. The fraction of sp³-hybridized carbons (Fsp3) is 0.0909. The van der Waals surface area contributed by atoms with Gasteiger partial charge in [-0.1, -0.05) is 30.3 Å². The minimum Gasteiger partial charge on any atom is -0.494 e. The summed E-state index contributed by atoms with van der Waals surface area (Å²) < 4.78 is 11.1. The zero-order chi connectivity index (χ0) is 18.6. The molecule has 0 aliphatic rings. The summed E-state index contributed by atoms with van der Waals surface area (Å²) in [4.78, 5) is 12.3. The molecule has 0 aliphatic carbocycles. The predicted molar refractivity (Wildman–Crippen MR) is 106 cm³/mol. The lowest BCUT2D eigenvalue weighted by atomic mass is 10.1. The van der Waals surface area contributed by atoms with Crippen molar-refractivity contribution in [1.29, 1.82) is 0 Å². The minimum absolute atomic E-state index is 0.227. The van der Waals surface area contributed by atoms with Gasteiger partial charge in [0.05, 0.1) is 12.8 Å². The summed E-state index contributed by atoms with van der Waals surface area (Å²) in [5, 5.41) is 7.07. The Bertz CT molecular complexity index is 1130. The van der Waals surface area contributed by atoms with Crippen molar-refractivity contribution < 1.29 is 13.9 Å². The van der Waals surface area contributed by atoms with Crippen molar-refractivity contribution in [2.75, 3.05) is 6.61 Å². The molecule has 0 atom stereocenters. The highest BCUT2D eigenvalue weighted by atomic mass is 16.5. The molecular weight excluding hydrogens is 340 g/mol. The summed E-state index contributed by atoms with van der Waals surface area (Å²) in [6.45, 7) is 2.56. The van der Waals surface area contributed by atoms with E-state index in [1.54, 1.807) is 12.3 Å².